The molecule has 1 amide bonds. The number of nitrogens with one attached hydrogen (secondary N) is 1. The minimum absolute atomic E-state index is 0.125. The Kier molecular flexibility index (Phi) is 8.58. The van der Waals surface area contributed by atoms with E-state index in [0.29, 0.717) is 35.2 Å². The number of halogens is 1. The fourth-order valence-corrected chi connectivity index (χ4v) is 3.96. The quantitative estimate of drug-likeness (QED) is 0.586. The van der Waals surface area contributed by atoms with Crippen LogP contribution in [0.15, 0.2) is 42.5 Å². The summed E-state index contributed by atoms with van der Waals surface area (Å²) in [5, 5.41) is 3.64. The minimum atomic E-state index is -0.125. The summed E-state index contributed by atoms with van der Waals surface area (Å²) in [6.07, 6.45) is 1.40. The number of morpholine rings is 1. The Morgan fingerprint density at radius 3 is 2.61 bits per heavy atom. The molecule has 1 aliphatic rings. The smallest absolute Gasteiger partial charge is 0.251 e. The van der Waals surface area contributed by atoms with Gasteiger partial charge in [0.05, 0.1) is 19.3 Å². The van der Waals surface area contributed by atoms with Crippen LogP contribution in [0.25, 0.3) is 0 Å². The molecule has 0 aromatic heterocycles. The second-order valence-electron chi connectivity index (χ2n) is 7.87. The van der Waals surface area contributed by atoms with Crippen molar-refractivity contribution in [2.45, 2.75) is 39.1 Å². The van der Waals surface area contributed by atoms with Gasteiger partial charge in [-0.15, -0.1) is 0 Å². The van der Waals surface area contributed by atoms with E-state index in [1.54, 1.807) is 25.3 Å². The zero-order valence-electron chi connectivity index (χ0n) is 18.4. The summed E-state index contributed by atoms with van der Waals surface area (Å²) in [7, 11) is 1.56. The number of nitrogens with zero attached hydrogens (tertiary/aromatic N) is 1. The van der Waals surface area contributed by atoms with E-state index < -0.39 is 0 Å². The first-order chi connectivity index (χ1) is 15.0. The molecule has 1 heterocycles. The molecule has 1 fully saturated rings. The topological polar surface area (TPSA) is 60.0 Å². The fraction of sp³-hybridized carbons (Fsp3) is 0.458. The number of benzene rings is 2. The van der Waals surface area contributed by atoms with Crippen molar-refractivity contribution in [1.82, 2.24) is 10.2 Å². The normalized spacial score (nSPS) is 19.1. The first-order valence-electron chi connectivity index (χ1n) is 10.7. The third kappa shape index (κ3) is 6.86. The molecular weight excluding hydrogens is 416 g/mol. The number of ether oxygens (including phenoxy) is 3. The van der Waals surface area contributed by atoms with Crippen molar-refractivity contribution in [2.24, 2.45) is 0 Å². The van der Waals surface area contributed by atoms with E-state index in [1.165, 1.54) is 0 Å². The van der Waals surface area contributed by atoms with Crippen LogP contribution in [-0.2, 0) is 11.3 Å². The zero-order valence-corrected chi connectivity index (χ0v) is 19.2. The Morgan fingerprint density at radius 1 is 1.16 bits per heavy atom. The summed E-state index contributed by atoms with van der Waals surface area (Å²) in [6.45, 7) is 7.94. The molecule has 7 heteroatoms. The highest BCUT2D eigenvalue weighted by Crippen LogP contribution is 2.29. The van der Waals surface area contributed by atoms with Gasteiger partial charge in [-0.2, -0.15) is 0 Å². The van der Waals surface area contributed by atoms with Crippen molar-refractivity contribution in [3.63, 3.8) is 0 Å². The standard InChI is InChI=1S/C24H31ClN2O4/c1-17-14-27(15-18(2)31-17)12-6-11-26-24(28)19-9-10-22(23(13-19)29-3)30-16-20-7-4-5-8-21(20)25/h4-5,7-10,13,17-18H,6,11-12,14-16H2,1-3H3,(H,26,28)/t17-,18+. The molecule has 1 N–H and O–H groups in total. The highest BCUT2D eigenvalue weighted by molar-refractivity contribution is 6.31. The lowest BCUT2D eigenvalue weighted by atomic mass is 10.1. The Balaban J connectivity index is 1.49. The van der Waals surface area contributed by atoms with E-state index in [2.05, 4.69) is 24.1 Å². The summed E-state index contributed by atoms with van der Waals surface area (Å²) in [6, 6.07) is 12.7. The van der Waals surface area contributed by atoms with Crippen LogP contribution < -0.4 is 14.8 Å². The van der Waals surface area contributed by atoms with Gasteiger partial charge in [-0.25, -0.2) is 0 Å². The van der Waals surface area contributed by atoms with Crippen LogP contribution in [0.1, 0.15) is 36.2 Å². The number of amides is 1. The van der Waals surface area contributed by atoms with Gasteiger partial charge in [0.1, 0.15) is 6.61 Å². The molecule has 0 bridgehead atoms. The summed E-state index contributed by atoms with van der Waals surface area (Å²) >= 11 is 6.18. The third-order valence-electron chi connectivity index (χ3n) is 5.20. The van der Waals surface area contributed by atoms with E-state index in [9.17, 15) is 4.79 Å². The van der Waals surface area contributed by atoms with Gasteiger partial charge in [-0.3, -0.25) is 9.69 Å². The third-order valence-corrected chi connectivity index (χ3v) is 5.57. The zero-order chi connectivity index (χ0) is 22.2. The molecule has 2 aromatic carbocycles. The Bertz CT molecular complexity index is 866. The summed E-state index contributed by atoms with van der Waals surface area (Å²) in [4.78, 5) is 14.9. The lowest BCUT2D eigenvalue weighted by molar-refractivity contribution is -0.0679. The Hall–Kier alpha value is -2.28. The molecule has 31 heavy (non-hydrogen) atoms. The fourth-order valence-electron chi connectivity index (χ4n) is 3.77. The lowest BCUT2D eigenvalue weighted by Crippen LogP contribution is -2.46. The van der Waals surface area contributed by atoms with E-state index in [4.69, 9.17) is 25.8 Å². The second-order valence-corrected chi connectivity index (χ2v) is 8.28. The molecule has 3 rings (SSSR count). The van der Waals surface area contributed by atoms with Crippen LogP contribution >= 0.6 is 11.6 Å². The average molecular weight is 447 g/mol. The van der Waals surface area contributed by atoms with E-state index >= 15 is 0 Å². The molecule has 1 saturated heterocycles. The van der Waals surface area contributed by atoms with Gasteiger partial charge in [0.2, 0.25) is 0 Å². The van der Waals surface area contributed by atoms with Crippen molar-refractivity contribution >= 4 is 17.5 Å². The van der Waals surface area contributed by atoms with Crippen molar-refractivity contribution in [3.8, 4) is 11.5 Å². The lowest BCUT2D eigenvalue weighted by Gasteiger charge is -2.35. The van der Waals surface area contributed by atoms with Gasteiger partial charge < -0.3 is 19.5 Å². The van der Waals surface area contributed by atoms with Gasteiger partial charge in [0.15, 0.2) is 11.5 Å². The summed E-state index contributed by atoms with van der Waals surface area (Å²) in [5.41, 5.74) is 1.42. The van der Waals surface area contributed by atoms with Gasteiger partial charge in [0, 0.05) is 42.3 Å². The molecule has 2 aromatic rings. The predicted molar refractivity (Wildman–Crippen MR) is 122 cm³/mol. The first-order valence-corrected chi connectivity index (χ1v) is 11.0. The predicted octanol–water partition coefficient (Wildman–Crippen LogP) is 4.16. The van der Waals surface area contributed by atoms with Crippen molar-refractivity contribution in [1.29, 1.82) is 0 Å². The maximum absolute atomic E-state index is 12.5. The molecule has 168 valence electrons. The number of hydrogen-bond acceptors (Lipinski definition) is 5. The van der Waals surface area contributed by atoms with Crippen LogP contribution in [-0.4, -0.2) is 56.3 Å². The van der Waals surface area contributed by atoms with Gasteiger partial charge in [-0.05, 0) is 44.5 Å². The molecular formula is C24H31ClN2O4. The maximum atomic E-state index is 12.5. The Morgan fingerprint density at radius 2 is 1.90 bits per heavy atom. The monoisotopic (exact) mass is 446 g/mol. The number of methoxy groups -OCH3 is 1. The number of carbonyl (C=O) groups is 1. The minimum Gasteiger partial charge on any atom is -0.493 e. The average Bonchev–Trinajstić information content (AvgIpc) is 2.75. The number of hydrogen-bond donors (Lipinski definition) is 1. The summed E-state index contributed by atoms with van der Waals surface area (Å²) < 4.78 is 17.0. The van der Waals surface area contributed by atoms with Crippen molar-refractivity contribution in [2.75, 3.05) is 33.3 Å². The first kappa shape index (κ1) is 23.4. The van der Waals surface area contributed by atoms with Gasteiger partial charge in [-0.1, -0.05) is 29.8 Å². The molecule has 1 aliphatic heterocycles. The van der Waals surface area contributed by atoms with Crippen LogP contribution in [0.2, 0.25) is 5.02 Å². The number of rotatable bonds is 9. The SMILES string of the molecule is COc1cc(C(=O)NCCCN2C[C@@H](C)O[C@@H](C)C2)ccc1OCc1ccccc1Cl. The highest BCUT2D eigenvalue weighted by atomic mass is 35.5. The van der Waals surface area contributed by atoms with Crippen LogP contribution in [0.3, 0.4) is 0 Å². The molecule has 0 spiro atoms. The Labute approximate surface area is 189 Å². The largest absolute Gasteiger partial charge is 0.493 e. The van der Waals surface area contributed by atoms with Crippen molar-refractivity contribution < 1.29 is 19.0 Å². The molecule has 0 aliphatic carbocycles. The van der Waals surface area contributed by atoms with Crippen LogP contribution in [0.5, 0.6) is 11.5 Å². The van der Waals surface area contributed by atoms with Crippen LogP contribution in [0, 0.1) is 0 Å². The van der Waals surface area contributed by atoms with E-state index in [0.717, 1.165) is 31.6 Å². The molecule has 0 radical (unpaired) electrons. The number of carbonyl (C=O) groups excluding carboxylic acids is 1. The molecule has 0 saturated carbocycles. The van der Waals surface area contributed by atoms with E-state index in [1.807, 2.05) is 24.3 Å². The second kappa shape index (κ2) is 11.4. The van der Waals surface area contributed by atoms with Gasteiger partial charge >= 0.3 is 0 Å². The highest BCUT2D eigenvalue weighted by Gasteiger charge is 2.21. The van der Waals surface area contributed by atoms with E-state index in [-0.39, 0.29) is 18.1 Å². The molecule has 2 atom stereocenters. The van der Waals surface area contributed by atoms with Crippen molar-refractivity contribution in [3.05, 3.63) is 58.6 Å². The summed E-state index contributed by atoms with van der Waals surface area (Å²) in [5.74, 6) is 0.949. The van der Waals surface area contributed by atoms with Crippen LogP contribution in [0.4, 0.5) is 0 Å². The van der Waals surface area contributed by atoms with Gasteiger partial charge in [0.25, 0.3) is 5.91 Å². The maximum Gasteiger partial charge on any atom is 0.251 e. The molecule has 6 nitrogen and oxygen atoms in total. The molecule has 0 unspecified atom stereocenters.